The van der Waals surface area contributed by atoms with Gasteiger partial charge in [0.05, 0.1) is 18.1 Å². The fraction of sp³-hybridized carbons (Fsp3) is 0.600. The number of nitrogens with zero attached hydrogens (tertiary/aromatic N) is 4. The molecule has 1 rings (SSSR count). The molecule has 0 radical (unpaired) electrons. The van der Waals surface area contributed by atoms with Gasteiger partial charge in [-0.05, 0) is 0 Å². The second-order valence-corrected chi connectivity index (χ2v) is 3.78. The highest BCUT2D eigenvalue weighted by Gasteiger charge is 2.22. The van der Waals surface area contributed by atoms with Crippen molar-refractivity contribution in [3.05, 3.63) is 16.3 Å². The van der Waals surface area contributed by atoms with E-state index < -0.39 is 4.92 Å². The maximum atomic E-state index is 11.1. The Bertz CT molecular complexity index is 436. The number of nitro groups is 1. The monoisotopic (exact) mass is 286 g/mol. The van der Waals surface area contributed by atoms with E-state index in [0.717, 1.165) is 6.20 Å². The molecule has 112 valence electrons. The molecule has 1 heterocycles. The van der Waals surface area contributed by atoms with Gasteiger partial charge in [0, 0.05) is 27.3 Å². The number of hydrogen-bond donors (Lipinski definition) is 2. The van der Waals surface area contributed by atoms with Gasteiger partial charge in [0.15, 0.2) is 0 Å². The Balaban J connectivity index is 3.09. The first-order valence-corrected chi connectivity index (χ1v) is 5.85. The number of nitrogens with one attached hydrogen (secondary N) is 1. The van der Waals surface area contributed by atoms with Crippen molar-refractivity contribution in [2.45, 2.75) is 0 Å². The molecule has 0 aliphatic carbocycles. The van der Waals surface area contributed by atoms with Crippen LogP contribution in [0.15, 0.2) is 6.20 Å². The minimum absolute atomic E-state index is 0.102. The van der Waals surface area contributed by atoms with Crippen LogP contribution in [0.3, 0.4) is 0 Å². The van der Waals surface area contributed by atoms with E-state index in [1.165, 1.54) is 0 Å². The van der Waals surface area contributed by atoms with Crippen LogP contribution in [-0.4, -0.2) is 55.4 Å². The lowest BCUT2D eigenvalue weighted by Crippen LogP contribution is -2.32. The molecule has 0 spiro atoms. The summed E-state index contributed by atoms with van der Waals surface area (Å²) < 4.78 is 9.99. The Morgan fingerprint density at radius 2 is 2.00 bits per heavy atom. The summed E-state index contributed by atoms with van der Waals surface area (Å²) in [7, 11) is 3.10. The van der Waals surface area contributed by atoms with E-state index >= 15 is 0 Å². The zero-order chi connectivity index (χ0) is 15.0. The highest BCUT2D eigenvalue weighted by atomic mass is 16.6. The maximum absolute atomic E-state index is 11.1. The molecule has 0 aliphatic rings. The molecule has 0 aromatic carbocycles. The molecule has 0 saturated carbocycles. The summed E-state index contributed by atoms with van der Waals surface area (Å²) in [6.45, 7) is 1.66. The van der Waals surface area contributed by atoms with E-state index in [1.807, 2.05) is 0 Å². The van der Waals surface area contributed by atoms with Crippen molar-refractivity contribution in [2.24, 2.45) is 5.84 Å². The molecule has 10 nitrogen and oxygen atoms in total. The van der Waals surface area contributed by atoms with Gasteiger partial charge in [0.2, 0.25) is 11.8 Å². The molecular formula is C10H18N6O4. The van der Waals surface area contributed by atoms with Gasteiger partial charge in [0.25, 0.3) is 0 Å². The van der Waals surface area contributed by atoms with Crippen LogP contribution in [0.1, 0.15) is 0 Å². The first-order chi connectivity index (χ1) is 9.63. The molecule has 0 bridgehead atoms. The van der Waals surface area contributed by atoms with Gasteiger partial charge in [-0.15, -0.1) is 0 Å². The van der Waals surface area contributed by atoms with Crippen LogP contribution in [0.2, 0.25) is 0 Å². The van der Waals surface area contributed by atoms with Gasteiger partial charge in [-0.2, -0.15) is 4.98 Å². The number of hydrazine groups is 1. The van der Waals surface area contributed by atoms with Crippen molar-refractivity contribution < 1.29 is 14.4 Å². The van der Waals surface area contributed by atoms with Crippen molar-refractivity contribution in [2.75, 3.05) is 50.8 Å². The summed E-state index contributed by atoms with van der Waals surface area (Å²) in [6.07, 6.45) is 1.12. The predicted octanol–water partition coefficient (Wildman–Crippen LogP) is -0.230. The smallest absolute Gasteiger partial charge is 0.329 e. The van der Waals surface area contributed by atoms with Crippen LogP contribution < -0.4 is 16.2 Å². The number of nitrogens with two attached hydrogens (primary N) is 1. The summed E-state index contributed by atoms with van der Waals surface area (Å²) in [5, 5.41) is 11.1. The Labute approximate surface area is 116 Å². The topological polar surface area (TPSA) is 129 Å². The molecule has 3 N–H and O–H groups in total. The lowest BCUT2D eigenvalue weighted by Gasteiger charge is -2.22. The minimum Gasteiger partial charge on any atom is -0.383 e. The second-order valence-electron chi connectivity index (χ2n) is 3.78. The summed E-state index contributed by atoms with van der Waals surface area (Å²) >= 11 is 0. The van der Waals surface area contributed by atoms with Gasteiger partial charge in [0.1, 0.15) is 6.20 Å². The molecule has 1 aromatic heterocycles. The Morgan fingerprint density at radius 1 is 1.40 bits per heavy atom. The molecule has 0 amide bonds. The van der Waals surface area contributed by atoms with E-state index in [1.54, 1.807) is 19.1 Å². The molecule has 0 fully saturated rings. The highest BCUT2D eigenvalue weighted by molar-refractivity contribution is 5.58. The van der Waals surface area contributed by atoms with Crippen molar-refractivity contribution in [3.63, 3.8) is 0 Å². The lowest BCUT2D eigenvalue weighted by atomic mass is 10.4. The van der Waals surface area contributed by atoms with E-state index in [0.29, 0.717) is 26.3 Å². The molecule has 20 heavy (non-hydrogen) atoms. The Kier molecular flexibility index (Phi) is 6.56. The number of anilines is 2. The zero-order valence-corrected chi connectivity index (χ0v) is 11.4. The van der Waals surface area contributed by atoms with Gasteiger partial charge in [-0.3, -0.25) is 15.5 Å². The van der Waals surface area contributed by atoms with Gasteiger partial charge < -0.3 is 14.4 Å². The van der Waals surface area contributed by atoms with E-state index in [2.05, 4.69) is 15.4 Å². The van der Waals surface area contributed by atoms with Gasteiger partial charge >= 0.3 is 5.69 Å². The lowest BCUT2D eigenvalue weighted by molar-refractivity contribution is -0.384. The standard InChI is InChI=1S/C10H18N6O4/c1-19-5-3-15(4-6-20-2)9-8(16(17)18)7-12-10(13-9)14-11/h7H,3-6,11H2,1-2H3,(H,12,13,14). The number of ether oxygens (including phenoxy) is 2. The van der Waals surface area contributed by atoms with E-state index in [9.17, 15) is 10.1 Å². The van der Waals surface area contributed by atoms with Crippen molar-refractivity contribution >= 4 is 17.5 Å². The van der Waals surface area contributed by atoms with E-state index in [-0.39, 0.29) is 17.5 Å². The Morgan fingerprint density at radius 3 is 2.45 bits per heavy atom. The number of nitrogen functional groups attached to an aromatic ring is 1. The summed E-state index contributed by atoms with van der Waals surface area (Å²) in [5.41, 5.74) is 2.07. The Hall–Kier alpha value is -2.04. The molecule has 0 unspecified atom stereocenters. The van der Waals surface area contributed by atoms with Crippen LogP contribution in [0.4, 0.5) is 17.5 Å². The van der Waals surface area contributed by atoms with Crippen LogP contribution in [-0.2, 0) is 9.47 Å². The fourth-order valence-electron chi connectivity index (χ4n) is 1.52. The third-order valence-electron chi connectivity index (χ3n) is 2.51. The first kappa shape index (κ1) is 16.0. The zero-order valence-electron chi connectivity index (χ0n) is 11.4. The van der Waals surface area contributed by atoms with Crippen molar-refractivity contribution in [1.82, 2.24) is 9.97 Å². The van der Waals surface area contributed by atoms with Crippen LogP contribution in [0.25, 0.3) is 0 Å². The first-order valence-electron chi connectivity index (χ1n) is 5.85. The molecule has 1 aromatic rings. The molecular weight excluding hydrogens is 268 g/mol. The largest absolute Gasteiger partial charge is 0.383 e. The van der Waals surface area contributed by atoms with E-state index in [4.69, 9.17) is 15.3 Å². The average molecular weight is 286 g/mol. The van der Waals surface area contributed by atoms with Crippen LogP contribution >= 0.6 is 0 Å². The second kappa shape index (κ2) is 8.19. The summed E-state index contributed by atoms with van der Waals surface area (Å²) in [6, 6.07) is 0. The van der Waals surface area contributed by atoms with Crippen LogP contribution in [0, 0.1) is 10.1 Å². The predicted molar refractivity (Wildman–Crippen MR) is 72.5 cm³/mol. The van der Waals surface area contributed by atoms with Crippen molar-refractivity contribution in [3.8, 4) is 0 Å². The molecule has 0 atom stereocenters. The third kappa shape index (κ3) is 4.26. The molecule has 0 aliphatic heterocycles. The fourth-order valence-corrected chi connectivity index (χ4v) is 1.52. The van der Waals surface area contributed by atoms with Gasteiger partial charge in [-0.1, -0.05) is 0 Å². The quantitative estimate of drug-likeness (QED) is 0.359. The SMILES string of the molecule is COCCN(CCOC)c1nc(NN)ncc1[N+](=O)[O-]. The third-order valence-corrected chi connectivity index (χ3v) is 2.51. The number of rotatable bonds is 9. The summed E-state index contributed by atoms with van der Waals surface area (Å²) in [4.78, 5) is 20.0. The molecule has 10 heteroatoms. The number of hydrogen-bond acceptors (Lipinski definition) is 9. The maximum Gasteiger partial charge on any atom is 0.329 e. The average Bonchev–Trinajstić information content (AvgIpc) is 2.46. The normalized spacial score (nSPS) is 10.3. The van der Waals surface area contributed by atoms with Gasteiger partial charge in [-0.25, -0.2) is 10.8 Å². The summed E-state index contributed by atoms with van der Waals surface area (Å²) in [5.74, 6) is 5.51. The molecule has 0 saturated heterocycles. The minimum atomic E-state index is -0.539. The number of methoxy groups -OCH3 is 2. The van der Waals surface area contributed by atoms with Crippen molar-refractivity contribution in [1.29, 1.82) is 0 Å². The van der Waals surface area contributed by atoms with Crippen LogP contribution in [0.5, 0.6) is 0 Å². The highest BCUT2D eigenvalue weighted by Crippen LogP contribution is 2.25. The number of aromatic nitrogens is 2.